The van der Waals surface area contributed by atoms with Crippen molar-refractivity contribution >= 4 is 6.29 Å². The van der Waals surface area contributed by atoms with Gasteiger partial charge in [-0.05, 0) is 30.9 Å². The first-order chi connectivity index (χ1) is 6.43. The quantitative estimate of drug-likeness (QED) is 0.494. The Labute approximate surface area is 79.1 Å². The first kappa shape index (κ1) is 9.72. The van der Waals surface area contributed by atoms with E-state index in [1.807, 2.05) is 24.3 Å². The Kier molecular flexibility index (Phi) is 4.62. The molecule has 1 aromatic carbocycles. The van der Waals surface area contributed by atoms with Crippen LogP contribution in [-0.2, 0) is 11.2 Å². The molecule has 0 fully saturated rings. The molecule has 1 nitrogen and oxygen atoms in total. The van der Waals surface area contributed by atoms with Crippen LogP contribution < -0.4 is 0 Å². The van der Waals surface area contributed by atoms with Crippen molar-refractivity contribution in [2.45, 2.75) is 19.3 Å². The molecule has 0 aliphatic carbocycles. The second kappa shape index (κ2) is 6.18. The Morgan fingerprint density at radius 2 is 2.00 bits per heavy atom. The molecule has 0 saturated heterocycles. The Morgan fingerprint density at radius 1 is 1.23 bits per heavy atom. The second-order valence-corrected chi connectivity index (χ2v) is 2.90. The molecule has 0 bridgehead atoms. The van der Waals surface area contributed by atoms with E-state index in [2.05, 4.69) is 12.1 Å². The molecule has 0 saturated carbocycles. The van der Waals surface area contributed by atoms with Gasteiger partial charge < -0.3 is 0 Å². The van der Waals surface area contributed by atoms with Gasteiger partial charge in [-0.15, -0.1) is 0 Å². The molecule has 0 unspecified atom stereocenters. The Hall–Kier alpha value is -1.37. The van der Waals surface area contributed by atoms with Gasteiger partial charge in [0.15, 0.2) is 0 Å². The summed E-state index contributed by atoms with van der Waals surface area (Å²) in [5, 5.41) is 0. The van der Waals surface area contributed by atoms with Gasteiger partial charge in [0.05, 0.1) is 0 Å². The smallest absolute Gasteiger partial charge is 0.225 e. The molecule has 0 atom stereocenters. The van der Waals surface area contributed by atoms with E-state index in [0.717, 1.165) is 19.3 Å². The molecule has 1 rings (SSSR count). The number of unbranched alkanes of at least 4 members (excludes halogenated alkanes) is 1. The summed E-state index contributed by atoms with van der Waals surface area (Å²) in [6.07, 6.45) is 8.14. The minimum Gasteiger partial charge on any atom is -0.286 e. The molecular weight excluding hydrogens is 160 g/mol. The van der Waals surface area contributed by atoms with E-state index in [9.17, 15) is 4.79 Å². The van der Waals surface area contributed by atoms with Gasteiger partial charge in [-0.1, -0.05) is 36.4 Å². The third-order valence-electron chi connectivity index (χ3n) is 1.86. The number of benzene rings is 1. The summed E-state index contributed by atoms with van der Waals surface area (Å²) >= 11 is 0. The lowest BCUT2D eigenvalue weighted by Crippen LogP contribution is -1.82. The maximum atomic E-state index is 9.83. The van der Waals surface area contributed by atoms with E-state index >= 15 is 0 Å². The van der Waals surface area contributed by atoms with E-state index in [0.29, 0.717) is 0 Å². The molecule has 67 valence electrons. The maximum Gasteiger partial charge on any atom is 0.225 e. The Morgan fingerprint density at radius 3 is 2.69 bits per heavy atom. The van der Waals surface area contributed by atoms with Crippen LogP contribution in [0.15, 0.2) is 42.5 Å². The minimum atomic E-state index is 0.949. The van der Waals surface area contributed by atoms with Crippen LogP contribution in [0.3, 0.4) is 0 Å². The monoisotopic (exact) mass is 173 g/mol. The number of hydrogen-bond donors (Lipinski definition) is 0. The molecule has 1 radical (unpaired) electrons. The van der Waals surface area contributed by atoms with Crippen LogP contribution >= 0.6 is 0 Å². The SMILES string of the molecule is O=[C]/C=C/CCCc1ccccc1. The van der Waals surface area contributed by atoms with E-state index in [4.69, 9.17) is 0 Å². The first-order valence-corrected chi connectivity index (χ1v) is 4.50. The zero-order chi connectivity index (χ0) is 9.36. The van der Waals surface area contributed by atoms with Gasteiger partial charge in [0.2, 0.25) is 6.29 Å². The standard InChI is InChI=1S/C12H13O/c13-11-7-2-1-4-8-12-9-5-3-6-10-12/h2-3,5-7,9-10H,1,4,8H2/b7-2+. The van der Waals surface area contributed by atoms with Crippen molar-refractivity contribution in [2.75, 3.05) is 0 Å². The lowest BCUT2D eigenvalue weighted by Gasteiger charge is -1.97. The molecular formula is C12H13O. The molecule has 0 aliphatic heterocycles. The highest BCUT2D eigenvalue weighted by atomic mass is 16.1. The van der Waals surface area contributed by atoms with Crippen molar-refractivity contribution < 1.29 is 4.79 Å². The molecule has 13 heavy (non-hydrogen) atoms. The summed E-state index contributed by atoms with van der Waals surface area (Å²) in [5.41, 5.74) is 1.35. The maximum absolute atomic E-state index is 9.83. The lowest BCUT2D eigenvalue weighted by atomic mass is 10.1. The van der Waals surface area contributed by atoms with Crippen LogP contribution in [-0.4, -0.2) is 6.29 Å². The lowest BCUT2D eigenvalue weighted by molar-refractivity contribution is 0.564. The first-order valence-electron chi connectivity index (χ1n) is 4.50. The van der Waals surface area contributed by atoms with Crippen molar-refractivity contribution in [3.05, 3.63) is 48.0 Å². The average Bonchev–Trinajstić information content (AvgIpc) is 2.19. The molecule has 0 heterocycles. The van der Waals surface area contributed by atoms with Crippen molar-refractivity contribution in [3.63, 3.8) is 0 Å². The summed E-state index contributed by atoms with van der Waals surface area (Å²) in [5.74, 6) is 0. The van der Waals surface area contributed by atoms with Gasteiger partial charge in [-0.3, -0.25) is 4.79 Å². The van der Waals surface area contributed by atoms with Gasteiger partial charge in [-0.25, -0.2) is 0 Å². The van der Waals surface area contributed by atoms with E-state index < -0.39 is 0 Å². The van der Waals surface area contributed by atoms with Gasteiger partial charge in [-0.2, -0.15) is 0 Å². The second-order valence-electron chi connectivity index (χ2n) is 2.90. The van der Waals surface area contributed by atoms with E-state index in [-0.39, 0.29) is 0 Å². The fourth-order valence-electron chi connectivity index (χ4n) is 1.20. The fourth-order valence-corrected chi connectivity index (χ4v) is 1.20. The third kappa shape index (κ3) is 4.26. The fraction of sp³-hybridized carbons (Fsp3) is 0.250. The number of carbonyl (C=O) groups excluding carboxylic acids is 1. The van der Waals surface area contributed by atoms with Gasteiger partial charge in [0.25, 0.3) is 0 Å². The zero-order valence-electron chi connectivity index (χ0n) is 7.57. The predicted molar refractivity (Wildman–Crippen MR) is 54.2 cm³/mol. The predicted octanol–water partition coefficient (Wildman–Crippen LogP) is 2.68. The van der Waals surface area contributed by atoms with Crippen molar-refractivity contribution in [3.8, 4) is 0 Å². The molecule has 1 heteroatoms. The van der Waals surface area contributed by atoms with Crippen LogP contribution in [0.4, 0.5) is 0 Å². The van der Waals surface area contributed by atoms with Gasteiger partial charge >= 0.3 is 0 Å². The van der Waals surface area contributed by atoms with Crippen LogP contribution in [0.25, 0.3) is 0 Å². The summed E-state index contributed by atoms with van der Waals surface area (Å²) in [4.78, 5) is 9.83. The molecule has 0 spiro atoms. The van der Waals surface area contributed by atoms with Crippen molar-refractivity contribution in [1.82, 2.24) is 0 Å². The largest absolute Gasteiger partial charge is 0.286 e. The Balaban J connectivity index is 2.20. The van der Waals surface area contributed by atoms with E-state index in [1.165, 1.54) is 11.6 Å². The van der Waals surface area contributed by atoms with Crippen molar-refractivity contribution in [2.24, 2.45) is 0 Å². The molecule has 0 aromatic heterocycles. The van der Waals surface area contributed by atoms with Gasteiger partial charge in [0.1, 0.15) is 0 Å². The van der Waals surface area contributed by atoms with Crippen LogP contribution in [0, 0.1) is 0 Å². The zero-order valence-corrected chi connectivity index (χ0v) is 7.57. The van der Waals surface area contributed by atoms with Gasteiger partial charge in [0, 0.05) is 0 Å². The average molecular weight is 173 g/mol. The van der Waals surface area contributed by atoms with Crippen LogP contribution in [0.1, 0.15) is 18.4 Å². The number of rotatable bonds is 5. The van der Waals surface area contributed by atoms with Crippen LogP contribution in [0.2, 0.25) is 0 Å². The summed E-state index contributed by atoms with van der Waals surface area (Å²) in [6, 6.07) is 10.4. The minimum absolute atomic E-state index is 0.949. The normalized spacial score (nSPS) is 10.5. The highest BCUT2D eigenvalue weighted by Gasteiger charge is 1.89. The Bertz CT molecular complexity index is 262. The van der Waals surface area contributed by atoms with Crippen LogP contribution in [0.5, 0.6) is 0 Å². The molecule has 0 aliphatic rings. The summed E-state index contributed by atoms with van der Waals surface area (Å²) in [7, 11) is 0. The molecule has 0 amide bonds. The molecule has 1 aromatic rings. The number of aryl methyl sites for hydroxylation is 1. The number of hydrogen-bond acceptors (Lipinski definition) is 1. The highest BCUT2D eigenvalue weighted by molar-refractivity contribution is 5.65. The summed E-state index contributed by atoms with van der Waals surface area (Å²) in [6.45, 7) is 0. The third-order valence-corrected chi connectivity index (χ3v) is 1.86. The van der Waals surface area contributed by atoms with E-state index in [1.54, 1.807) is 6.29 Å². The van der Waals surface area contributed by atoms with Crippen molar-refractivity contribution in [1.29, 1.82) is 0 Å². The highest BCUT2D eigenvalue weighted by Crippen LogP contribution is 2.04. The number of allylic oxidation sites excluding steroid dienone is 2. The topological polar surface area (TPSA) is 17.1 Å². The molecule has 0 N–H and O–H groups in total. The summed E-state index contributed by atoms with van der Waals surface area (Å²) < 4.78 is 0.